The molecule has 0 radical (unpaired) electrons. The Hall–Kier alpha value is -2.61. The minimum absolute atomic E-state index is 0. The zero-order valence-electron chi connectivity index (χ0n) is 16.9. The summed E-state index contributed by atoms with van der Waals surface area (Å²) < 4.78 is 1.59. The Morgan fingerprint density at radius 1 is 1.00 bits per heavy atom. The van der Waals surface area contributed by atoms with Crippen molar-refractivity contribution in [3.8, 4) is 5.69 Å². The number of fused-ring (bicyclic) bond motifs is 1. The van der Waals surface area contributed by atoms with Gasteiger partial charge in [0.05, 0.1) is 11.9 Å². The van der Waals surface area contributed by atoms with Crippen LogP contribution in [0.1, 0.15) is 25.7 Å². The number of anilines is 1. The van der Waals surface area contributed by atoms with Gasteiger partial charge in [-0.05, 0) is 49.4 Å². The summed E-state index contributed by atoms with van der Waals surface area (Å²) in [6.07, 6.45) is 14.4. The molecule has 0 unspecified atom stereocenters. The summed E-state index contributed by atoms with van der Waals surface area (Å²) in [4.78, 5) is 28.0. The van der Waals surface area contributed by atoms with Crippen molar-refractivity contribution in [1.29, 1.82) is 0 Å². The summed E-state index contributed by atoms with van der Waals surface area (Å²) in [5.74, 6) is 0.889. The molecule has 0 spiro atoms. The standard InChI is InChI=1S/C15H17N3O.C7H4N3.Na/c19-15-7-3-4-10-18(15)13-8-9-14(16-11-13)17-12-5-1-2-6-12;1-2-6-7(9-3-1)10-5-4-8-6;/h3-4,7-12H,1-2,5-6H2,(H,16,17);1-4H;/q;-1;+1. The molecule has 7 nitrogen and oxygen atoms in total. The average molecular weight is 408 g/mol. The van der Waals surface area contributed by atoms with E-state index in [2.05, 4.69) is 31.4 Å². The average Bonchev–Trinajstić information content (AvgIpc) is 3.28. The SMILES string of the molecule is O=c1ccccn1-c1ccc(NC2CCCC2)nc1.[Na+].[c-]1cnc2cccnc2n1. The summed E-state index contributed by atoms with van der Waals surface area (Å²) >= 11 is 0. The fraction of sp³-hybridized carbons (Fsp3) is 0.227. The van der Waals surface area contributed by atoms with E-state index in [1.54, 1.807) is 35.3 Å². The van der Waals surface area contributed by atoms with Crippen molar-refractivity contribution in [3.63, 3.8) is 0 Å². The van der Waals surface area contributed by atoms with Crippen LogP contribution in [0.4, 0.5) is 5.82 Å². The van der Waals surface area contributed by atoms with Crippen LogP contribution >= 0.6 is 0 Å². The molecule has 0 atom stereocenters. The van der Waals surface area contributed by atoms with Crippen LogP contribution in [0.2, 0.25) is 0 Å². The quantitative estimate of drug-likeness (QED) is 0.391. The van der Waals surface area contributed by atoms with Gasteiger partial charge in [-0.15, -0.1) is 6.20 Å². The molecule has 8 heteroatoms. The molecule has 1 N–H and O–H groups in total. The second-order valence-corrected chi connectivity index (χ2v) is 6.78. The van der Waals surface area contributed by atoms with Crippen molar-refractivity contribution >= 4 is 17.0 Å². The van der Waals surface area contributed by atoms with Crippen LogP contribution < -0.4 is 40.4 Å². The smallest absolute Gasteiger partial charge is 0.433 e. The molecule has 1 saturated carbocycles. The van der Waals surface area contributed by atoms with E-state index in [-0.39, 0.29) is 35.1 Å². The molecule has 0 amide bonds. The van der Waals surface area contributed by atoms with E-state index < -0.39 is 0 Å². The Morgan fingerprint density at radius 3 is 2.60 bits per heavy atom. The Kier molecular flexibility index (Phi) is 8.07. The minimum Gasteiger partial charge on any atom is -0.433 e. The summed E-state index contributed by atoms with van der Waals surface area (Å²) in [6.45, 7) is 0. The largest absolute Gasteiger partial charge is 1.00 e. The van der Waals surface area contributed by atoms with Gasteiger partial charge in [-0.3, -0.25) is 14.3 Å². The maximum absolute atomic E-state index is 11.7. The van der Waals surface area contributed by atoms with Gasteiger partial charge in [-0.25, -0.2) is 4.98 Å². The molecule has 4 aromatic heterocycles. The number of pyridine rings is 3. The maximum atomic E-state index is 11.7. The normalized spacial score (nSPS) is 13.2. The first-order valence-electron chi connectivity index (χ1n) is 9.64. The number of hydrogen-bond acceptors (Lipinski definition) is 6. The third-order valence-electron chi connectivity index (χ3n) is 4.75. The van der Waals surface area contributed by atoms with E-state index in [1.807, 2.05) is 30.3 Å². The zero-order valence-corrected chi connectivity index (χ0v) is 18.9. The summed E-state index contributed by atoms with van der Waals surface area (Å²) in [5.41, 5.74) is 2.20. The first kappa shape index (κ1) is 22.1. The Bertz CT molecular complexity index is 1060. The van der Waals surface area contributed by atoms with Gasteiger partial charge >= 0.3 is 29.6 Å². The van der Waals surface area contributed by atoms with Crippen LogP contribution in [0.3, 0.4) is 0 Å². The zero-order chi connectivity index (χ0) is 19.9. The predicted octanol–water partition coefficient (Wildman–Crippen LogP) is 0.416. The second-order valence-electron chi connectivity index (χ2n) is 6.78. The van der Waals surface area contributed by atoms with Gasteiger partial charge in [-0.2, -0.15) is 0 Å². The molecule has 4 heterocycles. The molecule has 1 fully saturated rings. The molecular formula is C22H21N6NaO. The second kappa shape index (κ2) is 11.0. The summed E-state index contributed by atoms with van der Waals surface area (Å²) in [5, 5.41) is 3.44. The van der Waals surface area contributed by atoms with E-state index in [0.717, 1.165) is 17.0 Å². The molecule has 1 aliphatic rings. The summed E-state index contributed by atoms with van der Waals surface area (Å²) in [6, 6.07) is 13.2. The molecule has 1 aliphatic carbocycles. The van der Waals surface area contributed by atoms with Crippen molar-refractivity contribution in [3.05, 3.63) is 83.8 Å². The van der Waals surface area contributed by atoms with E-state index in [1.165, 1.54) is 31.9 Å². The number of rotatable bonds is 3. The first-order chi connectivity index (χ1) is 14.3. The van der Waals surface area contributed by atoms with Gasteiger partial charge in [-0.1, -0.05) is 18.9 Å². The number of nitrogens with zero attached hydrogens (tertiary/aromatic N) is 5. The van der Waals surface area contributed by atoms with Gasteiger partial charge < -0.3 is 15.3 Å². The third-order valence-corrected chi connectivity index (χ3v) is 4.75. The van der Waals surface area contributed by atoms with Crippen molar-refractivity contribution < 1.29 is 29.6 Å². The van der Waals surface area contributed by atoms with Crippen LogP contribution in [0.5, 0.6) is 0 Å². The molecule has 5 rings (SSSR count). The van der Waals surface area contributed by atoms with Crippen LogP contribution in [0, 0.1) is 6.20 Å². The first-order valence-corrected chi connectivity index (χ1v) is 9.64. The predicted molar refractivity (Wildman–Crippen MR) is 112 cm³/mol. The molecule has 0 aliphatic heterocycles. The van der Waals surface area contributed by atoms with Crippen LogP contribution in [-0.2, 0) is 0 Å². The monoisotopic (exact) mass is 408 g/mol. The van der Waals surface area contributed by atoms with Gasteiger partial charge in [0.25, 0.3) is 5.56 Å². The van der Waals surface area contributed by atoms with E-state index in [0.29, 0.717) is 11.7 Å². The van der Waals surface area contributed by atoms with Gasteiger partial charge in [0.1, 0.15) is 5.82 Å². The molecule has 4 aromatic rings. The fourth-order valence-electron chi connectivity index (χ4n) is 3.30. The molecule has 30 heavy (non-hydrogen) atoms. The van der Waals surface area contributed by atoms with Crippen LogP contribution in [0.15, 0.2) is 72.0 Å². The number of nitrogens with one attached hydrogen (secondary N) is 1. The van der Waals surface area contributed by atoms with Gasteiger partial charge in [0.2, 0.25) is 0 Å². The van der Waals surface area contributed by atoms with E-state index in [9.17, 15) is 4.79 Å². The van der Waals surface area contributed by atoms with E-state index in [4.69, 9.17) is 0 Å². The Labute approximate surface area is 196 Å². The molecule has 0 saturated heterocycles. The van der Waals surface area contributed by atoms with Crippen molar-refractivity contribution in [2.24, 2.45) is 0 Å². The third kappa shape index (κ3) is 5.72. The Morgan fingerprint density at radius 2 is 1.87 bits per heavy atom. The molecule has 146 valence electrons. The van der Waals surface area contributed by atoms with Crippen LogP contribution in [-0.4, -0.2) is 30.5 Å². The summed E-state index contributed by atoms with van der Waals surface area (Å²) in [7, 11) is 0. The van der Waals surface area contributed by atoms with Crippen molar-refractivity contribution in [2.75, 3.05) is 5.32 Å². The maximum Gasteiger partial charge on any atom is 1.00 e. The minimum atomic E-state index is -0.0409. The van der Waals surface area contributed by atoms with Gasteiger partial charge in [0, 0.05) is 35.7 Å². The van der Waals surface area contributed by atoms with Crippen molar-refractivity contribution in [2.45, 2.75) is 31.7 Å². The fourth-order valence-corrected chi connectivity index (χ4v) is 3.30. The number of aromatic nitrogens is 5. The number of hydrogen-bond donors (Lipinski definition) is 1. The van der Waals surface area contributed by atoms with E-state index >= 15 is 0 Å². The van der Waals surface area contributed by atoms with Gasteiger partial charge in [0.15, 0.2) is 0 Å². The Balaban J connectivity index is 0.000000197. The molecule has 0 aromatic carbocycles. The van der Waals surface area contributed by atoms with Crippen molar-refractivity contribution in [1.82, 2.24) is 24.5 Å². The van der Waals surface area contributed by atoms with Crippen LogP contribution in [0.25, 0.3) is 16.9 Å². The molecule has 0 bridgehead atoms. The molecular weight excluding hydrogens is 387 g/mol. The topological polar surface area (TPSA) is 85.6 Å².